The van der Waals surface area contributed by atoms with Crippen molar-refractivity contribution in [2.24, 2.45) is 24.8 Å². The highest BCUT2D eigenvalue weighted by Gasteiger charge is 2.52. The summed E-state index contributed by atoms with van der Waals surface area (Å²) < 4.78 is 1.86. The number of nitrogens with one attached hydrogen (secondary N) is 1. The number of H-pyrrole nitrogens is 1. The Hall–Kier alpha value is -2.44. The Bertz CT molecular complexity index is 940. The summed E-state index contributed by atoms with van der Waals surface area (Å²) in [5.74, 6) is 3.59. The highest BCUT2D eigenvalue weighted by molar-refractivity contribution is 5.93. The van der Waals surface area contributed by atoms with Crippen LogP contribution in [-0.4, -0.2) is 37.4 Å². The lowest BCUT2D eigenvalue weighted by molar-refractivity contribution is -0.00954. The number of hydrogen-bond acceptors (Lipinski definition) is 4. The number of rotatable bonds is 4. The van der Waals surface area contributed by atoms with Gasteiger partial charge in [0.15, 0.2) is 0 Å². The maximum Gasteiger partial charge on any atom is 0.263 e. The number of hydrogen-bond donors (Lipinski definition) is 1. The van der Waals surface area contributed by atoms with Crippen LogP contribution in [0.2, 0.25) is 0 Å². The smallest absolute Gasteiger partial charge is 0.263 e. The van der Waals surface area contributed by atoms with E-state index in [0.29, 0.717) is 6.54 Å². The Morgan fingerprint density at radius 2 is 1.86 bits per heavy atom. The number of imidazole rings is 1. The number of aromatic amines is 1. The zero-order valence-electron chi connectivity index (χ0n) is 16.5. The van der Waals surface area contributed by atoms with Crippen molar-refractivity contribution < 1.29 is 4.79 Å². The first-order chi connectivity index (χ1) is 13.4. The molecule has 4 bridgehead atoms. The molecule has 2 heterocycles. The zero-order valence-corrected chi connectivity index (χ0v) is 16.5. The van der Waals surface area contributed by atoms with Gasteiger partial charge in [-0.25, -0.2) is 9.97 Å². The second-order valence-electron chi connectivity index (χ2n) is 9.29. The maximum absolute atomic E-state index is 12.8. The third-order valence-electron chi connectivity index (χ3n) is 7.22. The molecular formula is C21H27N5O2. The van der Waals surface area contributed by atoms with Crippen LogP contribution in [0.3, 0.4) is 0 Å². The number of carbonyl (C=O) groups is 1. The van der Waals surface area contributed by atoms with Gasteiger partial charge < -0.3 is 14.5 Å². The van der Waals surface area contributed by atoms with Gasteiger partial charge in [-0.1, -0.05) is 0 Å². The van der Waals surface area contributed by atoms with Crippen LogP contribution < -0.4 is 5.56 Å². The van der Waals surface area contributed by atoms with Crippen LogP contribution >= 0.6 is 0 Å². The number of amides is 1. The van der Waals surface area contributed by atoms with Gasteiger partial charge in [-0.3, -0.25) is 9.59 Å². The lowest BCUT2D eigenvalue weighted by Crippen LogP contribution is -2.50. The normalized spacial score (nSPS) is 30.6. The molecule has 0 aliphatic heterocycles. The van der Waals surface area contributed by atoms with E-state index < -0.39 is 0 Å². The lowest BCUT2D eigenvalue weighted by Gasteiger charge is -2.56. The molecule has 0 aromatic carbocycles. The molecule has 1 N–H and O–H groups in total. The molecule has 2 aromatic heterocycles. The minimum absolute atomic E-state index is 0.0222. The molecule has 2 aromatic rings. The van der Waals surface area contributed by atoms with Crippen molar-refractivity contribution in [1.82, 2.24) is 24.4 Å². The largest absolute Gasteiger partial charge is 0.337 e. The van der Waals surface area contributed by atoms with Crippen LogP contribution in [0.25, 0.3) is 0 Å². The van der Waals surface area contributed by atoms with E-state index in [1.165, 1.54) is 30.4 Å². The van der Waals surface area contributed by atoms with Crippen molar-refractivity contribution in [2.45, 2.75) is 50.5 Å². The minimum atomic E-state index is -0.325. The molecule has 4 aliphatic carbocycles. The second-order valence-corrected chi connectivity index (χ2v) is 9.29. The van der Waals surface area contributed by atoms with Gasteiger partial charge in [-0.15, -0.1) is 0 Å². The fourth-order valence-electron chi connectivity index (χ4n) is 6.26. The van der Waals surface area contributed by atoms with Crippen molar-refractivity contribution in [3.8, 4) is 0 Å². The Morgan fingerprint density at radius 3 is 2.39 bits per heavy atom. The first-order valence-corrected chi connectivity index (χ1v) is 10.2. The van der Waals surface area contributed by atoms with E-state index >= 15 is 0 Å². The third-order valence-corrected chi connectivity index (χ3v) is 7.22. The molecule has 4 saturated carbocycles. The minimum Gasteiger partial charge on any atom is -0.337 e. The number of nitrogens with zero attached hydrogens (tertiary/aromatic N) is 4. The Labute approximate surface area is 164 Å². The molecule has 4 fully saturated rings. The molecule has 0 unspecified atom stereocenters. The summed E-state index contributed by atoms with van der Waals surface area (Å²) in [5.41, 5.74) is -0.198. The maximum atomic E-state index is 12.8. The molecule has 0 radical (unpaired) electrons. The molecule has 1 amide bonds. The van der Waals surface area contributed by atoms with Gasteiger partial charge in [-0.2, -0.15) is 0 Å². The SMILES string of the molecule is CN(Cc1nccn1C)C(=O)c1cnc(C23CC4CC(CC(C4)C2)C3)[nH]c1=O. The van der Waals surface area contributed by atoms with Crippen molar-refractivity contribution >= 4 is 5.91 Å². The molecule has 6 rings (SSSR count). The second kappa shape index (κ2) is 6.29. The van der Waals surface area contributed by atoms with Crippen molar-refractivity contribution in [1.29, 1.82) is 0 Å². The van der Waals surface area contributed by atoms with Gasteiger partial charge in [0.25, 0.3) is 11.5 Å². The van der Waals surface area contributed by atoms with Crippen LogP contribution in [0.1, 0.15) is 60.5 Å². The first-order valence-electron chi connectivity index (χ1n) is 10.2. The molecule has 7 heteroatoms. The standard InChI is InChI=1S/C21H27N5O2/c1-25-4-3-22-17(25)12-26(2)19(28)16-11-23-20(24-18(16)27)21-8-13-5-14(9-21)7-15(6-13)10-21/h3-4,11,13-15H,5-10,12H2,1-2H3,(H,23,24,27). The van der Waals surface area contributed by atoms with Gasteiger partial charge in [0.2, 0.25) is 0 Å². The molecule has 28 heavy (non-hydrogen) atoms. The first kappa shape index (κ1) is 17.6. The van der Waals surface area contributed by atoms with Crippen molar-refractivity contribution in [2.75, 3.05) is 7.05 Å². The molecular weight excluding hydrogens is 354 g/mol. The van der Waals surface area contributed by atoms with Gasteiger partial charge in [-0.05, 0) is 56.3 Å². The highest BCUT2D eigenvalue weighted by Crippen LogP contribution is 2.59. The Kier molecular flexibility index (Phi) is 3.96. The van der Waals surface area contributed by atoms with Gasteiger partial charge >= 0.3 is 0 Å². The summed E-state index contributed by atoms with van der Waals surface area (Å²) in [4.78, 5) is 39.0. The summed E-state index contributed by atoms with van der Waals surface area (Å²) in [6, 6.07) is 0. The summed E-state index contributed by atoms with van der Waals surface area (Å²) in [6.45, 7) is 0.346. The quantitative estimate of drug-likeness (QED) is 0.880. The molecule has 0 spiro atoms. The van der Waals surface area contributed by atoms with Crippen LogP contribution in [-0.2, 0) is 19.0 Å². The van der Waals surface area contributed by atoms with E-state index in [1.54, 1.807) is 13.2 Å². The van der Waals surface area contributed by atoms with E-state index in [0.717, 1.165) is 48.7 Å². The van der Waals surface area contributed by atoms with Crippen molar-refractivity contribution in [3.05, 3.63) is 46.2 Å². The van der Waals surface area contributed by atoms with Crippen LogP contribution in [0.15, 0.2) is 23.4 Å². The van der Waals surface area contributed by atoms with Crippen molar-refractivity contribution in [3.63, 3.8) is 0 Å². The molecule has 148 valence electrons. The van der Waals surface area contributed by atoms with Gasteiger partial charge in [0.1, 0.15) is 17.2 Å². The van der Waals surface area contributed by atoms with Crippen LogP contribution in [0, 0.1) is 17.8 Å². The summed E-state index contributed by atoms with van der Waals surface area (Å²) >= 11 is 0. The van der Waals surface area contributed by atoms with E-state index in [-0.39, 0.29) is 22.4 Å². The average molecular weight is 381 g/mol. The molecule has 7 nitrogen and oxygen atoms in total. The third kappa shape index (κ3) is 2.79. The Balaban J connectivity index is 1.39. The zero-order chi connectivity index (χ0) is 19.5. The Morgan fingerprint density at radius 1 is 1.21 bits per heavy atom. The van der Waals surface area contributed by atoms with Crippen LogP contribution in [0.5, 0.6) is 0 Å². The topological polar surface area (TPSA) is 83.9 Å². The fraction of sp³-hybridized carbons (Fsp3) is 0.619. The van der Waals surface area contributed by atoms with Gasteiger partial charge in [0, 0.05) is 38.1 Å². The highest BCUT2D eigenvalue weighted by atomic mass is 16.2. The number of aryl methyl sites for hydroxylation is 1. The summed E-state index contributed by atoms with van der Waals surface area (Å²) in [6.07, 6.45) is 12.5. The molecule has 0 saturated heterocycles. The fourth-order valence-corrected chi connectivity index (χ4v) is 6.26. The lowest BCUT2D eigenvalue weighted by atomic mass is 9.49. The van der Waals surface area contributed by atoms with E-state index in [4.69, 9.17) is 0 Å². The summed E-state index contributed by atoms with van der Waals surface area (Å²) in [5, 5.41) is 0. The van der Waals surface area contributed by atoms with E-state index in [1.807, 2.05) is 17.8 Å². The molecule has 4 aliphatic rings. The van der Waals surface area contributed by atoms with E-state index in [9.17, 15) is 9.59 Å². The average Bonchev–Trinajstić information content (AvgIpc) is 3.04. The van der Waals surface area contributed by atoms with E-state index in [2.05, 4.69) is 15.0 Å². The summed E-state index contributed by atoms with van der Waals surface area (Å²) in [7, 11) is 3.57. The predicted molar refractivity (Wildman–Crippen MR) is 104 cm³/mol. The molecule has 0 atom stereocenters. The number of aromatic nitrogens is 4. The number of carbonyl (C=O) groups excluding carboxylic acids is 1. The van der Waals surface area contributed by atoms with Gasteiger partial charge in [0.05, 0.1) is 6.54 Å². The predicted octanol–water partition coefficient (Wildman–Crippen LogP) is 2.24. The van der Waals surface area contributed by atoms with Crippen LogP contribution in [0.4, 0.5) is 0 Å². The monoisotopic (exact) mass is 381 g/mol.